The highest BCUT2D eigenvalue weighted by molar-refractivity contribution is 6.31. The molecule has 7 nitrogen and oxygen atoms in total. The van der Waals surface area contributed by atoms with E-state index in [1.165, 1.54) is 0 Å². The summed E-state index contributed by atoms with van der Waals surface area (Å²) in [5, 5.41) is 12.2. The molecule has 4 N–H and O–H groups in total. The average molecular weight is 331 g/mol. The van der Waals surface area contributed by atoms with Gasteiger partial charge in [0, 0.05) is 10.7 Å². The van der Waals surface area contributed by atoms with Crippen molar-refractivity contribution in [2.75, 3.05) is 5.32 Å². The highest BCUT2D eigenvalue weighted by atomic mass is 35.5. The Bertz CT molecular complexity index is 865. The molecular formula is C15H15ClN6O. The lowest BCUT2D eigenvalue weighted by molar-refractivity contribution is 0.987. The van der Waals surface area contributed by atoms with Gasteiger partial charge in [-0.15, -0.1) is 0 Å². The fourth-order valence-corrected chi connectivity index (χ4v) is 2.08. The van der Waals surface area contributed by atoms with Crippen LogP contribution in [0.25, 0.3) is 0 Å². The number of nitrogens with one attached hydrogen (secondary N) is 2. The molecule has 0 spiro atoms. The van der Waals surface area contributed by atoms with E-state index in [1.54, 1.807) is 19.1 Å². The molecule has 23 heavy (non-hydrogen) atoms. The number of rotatable bonds is 3. The number of halogens is 1. The Morgan fingerprint density at radius 3 is 2.87 bits per heavy atom. The summed E-state index contributed by atoms with van der Waals surface area (Å²) in [7, 11) is 0. The van der Waals surface area contributed by atoms with E-state index in [9.17, 15) is 4.79 Å². The molecule has 0 atom stereocenters. The Kier molecular flexibility index (Phi) is 4.98. The first-order valence-corrected chi connectivity index (χ1v) is 7.12. The van der Waals surface area contributed by atoms with Crippen LogP contribution in [0.15, 0.2) is 28.0 Å². The van der Waals surface area contributed by atoms with Crippen LogP contribution in [0.3, 0.4) is 0 Å². The van der Waals surface area contributed by atoms with Crippen LogP contribution < -0.4 is 16.6 Å². The van der Waals surface area contributed by atoms with Crippen molar-refractivity contribution in [2.24, 2.45) is 10.7 Å². The Morgan fingerprint density at radius 1 is 1.52 bits per heavy atom. The molecule has 0 fully saturated rings. The third kappa shape index (κ3) is 4.08. The quantitative estimate of drug-likeness (QED) is 0.588. The number of aliphatic imine (C=N–C) groups is 1. The Hall–Kier alpha value is -2.85. The molecule has 0 aliphatic heterocycles. The maximum absolute atomic E-state index is 11.9. The number of nitrogens with zero attached hydrogens (tertiary/aromatic N) is 3. The molecule has 0 radical (unpaired) electrons. The van der Waals surface area contributed by atoms with Crippen molar-refractivity contribution in [1.29, 1.82) is 5.26 Å². The van der Waals surface area contributed by atoms with Crippen LogP contribution in [0.2, 0.25) is 5.02 Å². The molecule has 2 aromatic rings. The Labute approximate surface area is 137 Å². The second kappa shape index (κ2) is 6.94. The molecule has 0 amide bonds. The van der Waals surface area contributed by atoms with Crippen LogP contribution in [0.5, 0.6) is 0 Å². The van der Waals surface area contributed by atoms with Crippen LogP contribution in [0.1, 0.15) is 16.8 Å². The topological polar surface area (TPSA) is 120 Å². The van der Waals surface area contributed by atoms with Crippen molar-refractivity contribution in [3.8, 4) is 6.07 Å². The van der Waals surface area contributed by atoms with E-state index in [0.29, 0.717) is 22.0 Å². The summed E-state index contributed by atoms with van der Waals surface area (Å²) in [5.74, 6) is 0.123. The largest absolute Gasteiger partial charge is 0.369 e. The van der Waals surface area contributed by atoms with Gasteiger partial charge in [0.15, 0.2) is 0 Å². The van der Waals surface area contributed by atoms with Gasteiger partial charge in [0.05, 0.1) is 23.7 Å². The van der Waals surface area contributed by atoms with Gasteiger partial charge < -0.3 is 11.1 Å². The number of nitrogens with two attached hydrogens (primary N) is 1. The number of benzene rings is 1. The maximum Gasteiger partial charge on any atom is 0.256 e. The van der Waals surface area contributed by atoms with Gasteiger partial charge in [-0.25, -0.2) is 4.98 Å². The third-order valence-electron chi connectivity index (χ3n) is 3.14. The molecule has 8 heteroatoms. The minimum atomic E-state index is -0.399. The number of H-pyrrole nitrogens is 1. The summed E-state index contributed by atoms with van der Waals surface area (Å²) >= 11 is 6.04. The first-order valence-electron chi connectivity index (χ1n) is 6.74. The highest BCUT2D eigenvalue weighted by Crippen LogP contribution is 2.19. The molecular weight excluding hydrogens is 316 g/mol. The molecule has 2 rings (SSSR count). The van der Waals surface area contributed by atoms with Crippen LogP contribution in [0, 0.1) is 25.2 Å². The number of anilines is 1. The van der Waals surface area contributed by atoms with E-state index in [0.717, 1.165) is 5.56 Å². The fraction of sp³-hybridized carbons (Fsp3) is 0.200. The van der Waals surface area contributed by atoms with Crippen molar-refractivity contribution < 1.29 is 0 Å². The summed E-state index contributed by atoms with van der Waals surface area (Å²) in [6.45, 7) is 3.54. The number of guanidine groups is 1. The zero-order valence-electron chi connectivity index (χ0n) is 12.6. The summed E-state index contributed by atoms with van der Waals surface area (Å²) in [6.07, 6.45) is -0.00619. The minimum absolute atomic E-state index is 0.00619. The van der Waals surface area contributed by atoms with Gasteiger partial charge in [0.1, 0.15) is 0 Å². The maximum atomic E-state index is 11.9. The Morgan fingerprint density at radius 2 is 2.26 bits per heavy atom. The molecule has 1 heterocycles. The van der Waals surface area contributed by atoms with Crippen LogP contribution in [0.4, 0.5) is 11.6 Å². The van der Waals surface area contributed by atoms with Crippen LogP contribution in [-0.4, -0.2) is 15.9 Å². The van der Waals surface area contributed by atoms with Crippen molar-refractivity contribution in [1.82, 2.24) is 9.97 Å². The normalized spacial score (nSPS) is 11.1. The summed E-state index contributed by atoms with van der Waals surface area (Å²) in [6, 6.07) is 7.29. The monoisotopic (exact) mass is 330 g/mol. The van der Waals surface area contributed by atoms with E-state index in [2.05, 4.69) is 20.3 Å². The lowest BCUT2D eigenvalue weighted by Gasteiger charge is -2.07. The van der Waals surface area contributed by atoms with E-state index < -0.39 is 5.56 Å². The number of hydrogen-bond acceptors (Lipinski definition) is 4. The summed E-state index contributed by atoms with van der Waals surface area (Å²) in [4.78, 5) is 22.5. The van der Waals surface area contributed by atoms with Gasteiger partial charge in [-0.1, -0.05) is 17.7 Å². The number of nitriles is 1. The summed E-state index contributed by atoms with van der Waals surface area (Å²) < 4.78 is 0. The number of aryl methyl sites for hydroxylation is 2. The molecule has 0 aliphatic carbocycles. The van der Waals surface area contributed by atoms with Crippen molar-refractivity contribution in [2.45, 2.75) is 20.3 Å². The second-order valence-corrected chi connectivity index (χ2v) is 5.28. The van der Waals surface area contributed by atoms with E-state index in [-0.39, 0.29) is 18.3 Å². The fourth-order valence-electron chi connectivity index (χ4n) is 1.90. The van der Waals surface area contributed by atoms with Gasteiger partial charge in [0.2, 0.25) is 11.9 Å². The standard InChI is InChI=1S/C15H15ClN6O/c1-8-3-4-10(7-12(8)16)20-14(18)22-15-19-9(2)11(5-6-17)13(23)21-15/h3-4,7H,5H2,1-2H3,(H4,18,19,20,21,22,23). The Balaban J connectivity index is 2.25. The molecule has 0 aliphatic rings. The van der Waals surface area contributed by atoms with E-state index in [4.69, 9.17) is 22.6 Å². The second-order valence-electron chi connectivity index (χ2n) is 4.87. The molecule has 1 aromatic heterocycles. The summed E-state index contributed by atoms with van der Waals surface area (Å²) in [5.41, 5.74) is 7.79. The van der Waals surface area contributed by atoms with Crippen LogP contribution >= 0.6 is 11.6 Å². The van der Waals surface area contributed by atoms with Gasteiger partial charge in [0.25, 0.3) is 5.56 Å². The van der Waals surface area contributed by atoms with Crippen molar-refractivity contribution in [3.05, 3.63) is 50.4 Å². The lowest BCUT2D eigenvalue weighted by atomic mass is 10.2. The first-order chi connectivity index (χ1) is 10.9. The van der Waals surface area contributed by atoms with Gasteiger partial charge in [-0.2, -0.15) is 10.3 Å². The molecule has 0 bridgehead atoms. The number of aromatic nitrogens is 2. The predicted molar refractivity (Wildman–Crippen MR) is 90.0 cm³/mol. The smallest absolute Gasteiger partial charge is 0.256 e. The van der Waals surface area contributed by atoms with Crippen molar-refractivity contribution in [3.63, 3.8) is 0 Å². The SMILES string of the molecule is Cc1ccc(NC(N)=Nc2nc(C)c(CC#N)c(=O)[nH]2)cc1Cl. The van der Waals surface area contributed by atoms with E-state index >= 15 is 0 Å². The molecule has 118 valence electrons. The first kappa shape index (κ1) is 16.5. The van der Waals surface area contributed by atoms with Crippen LogP contribution in [-0.2, 0) is 6.42 Å². The molecule has 0 saturated carbocycles. The molecule has 1 aromatic carbocycles. The zero-order valence-corrected chi connectivity index (χ0v) is 13.4. The predicted octanol–water partition coefficient (Wildman–Crippen LogP) is 2.16. The van der Waals surface area contributed by atoms with Gasteiger partial charge in [-0.05, 0) is 31.5 Å². The number of hydrogen-bond donors (Lipinski definition) is 3. The molecule has 0 saturated heterocycles. The minimum Gasteiger partial charge on any atom is -0.369 e. The van der Waals surface area contributed by atoms with E-state index in [1.807, 2.05) is 19.1 Å². The van der Waals surface area contributed by atoms with Gasteiger partial charge >= 0.3 is 0 Å². The van der Waals surface area contributed by atoms with Crippen molar-refractivity contribution >= 4 is 29.2 Å². The average Bonchev–Trinajstić information content (AvgIpc) is 2.47. The zero-order chi connectivity index (χ0) is 17.0. The number of aromatic amines is 1. The third-order valence-corrected chi connectivity index (χ3v) is 3.54. The lowest BCUT2D eigenvalue weighted by Crippen LogP contribution is -2.23. The highest BCUT2D eigenvalue weighted by Gasteiger charge is 2.08. The van der Waals surface area contributed by atoms with Gasteiger partial charge in [-0.3, -0.25) is 9.78 Å². The molecule has 0 unspecified atom stereocenters.